The van der Waals surface area contributed by atoms with Gasteiger partial charge in [0.2, 0.25) is 0 Å². The lowest BCUT2D eigenvalue weighted by molar-refractivity contribution is -0.114. The highest BCUT2D eigenvalue weighted by molar-refractivity contribution is 6.44. The van der Waals surface area contributed by atoms with Crippen molar-refractivity contribution in [2.24, 2.45) is 5.73 Å². The van der Waals surface area contributed by atoms with E-state index in [0.717, 1.165) is 11.1 Å². The summed E-state index contributed by atoms with van der Waals surface area (Å²) in [5.41, 5.74) is 8.22. The van der Waals surface area contributed by atoms with Gasteiger partial charge < -0.3 is 15.0 Å². The second kappa shape index (κ2) is 6.20. The molecule has 1 amide bonds. The molecule has 3 rings (SSSR count). The number of carbonyl (C=O) groups excluding carboxylic acids is 2. The first-order chi connectivity index (χ1) is 11.5. The summed E-state index contributed by atoms with van der Waals surface area (Å²) >= 11 is 0. The molecule has 122 valence electrons. The fraction of sp³-hybridized carbons (Fsp3) is 0.158. The number of benzene rings is 2. The van der Waals surface area contributed by atoms with Gasteiger partial charge >= 0.3 is 0 Å². The van der Waals surface area contributed by atoms with Gasteiger partial charge in [-0.25, -0.2) is 0 Å². The Bertz CT molecular complexity index is 927. The molecule has 0 atom stereocenters. The summed E-state index contributed by atoms with van der Waals surface area (Å²) in [5.74, 6) is -0.936. The predicted molar refractivity (Wildman–Crippen MR) is 92.3 cm³/mol. The van der Waals surface area contributed by atoms with Crippen molar-refractivity contribution in [1.82, 2.24) is 4.57 Å². The van der Waals surface area contributed by atoms with Crippen LogP contribution in [0.5, 0.6) is 5.75 Å². The average Bonchev–Trinajstić information content (AvgIpc) is 2.86. The van der Waals surface area contributed by atoms with E-state index < -0.39 is 11.7 Å². The number of ketones is 1. The SMILES string of the molecule is COc1ccc2c(C(=O)C(N)=O)c(C)n(Cc3ccccc3)c2c1. The summed E-state index contributed by atoms with van der Waals surface area (Å²) in [4.78, 5) is 23.7. The highest BCUT2D eigenvalue weighted by atomic mass is 16.5. The Kier molecular flexibility index (Phi) is 4.08. The van der Waals surface area contributed by atoms with Gasteiger partial charge in [-0.1, -0.05) is 30.3 Å². The van der Waals surface area contributed by atoms with E-state index in [1.54, 1.807) is 19.2 Å². The van der Waals surface area contributed by atoms with Crippen LogP contribution < -0.4 is 10.5 Å². The first-order valence-electron chi connectivity index (χ1n) is 7.58. The molecule has 0 saturated heterocycles. The lowest BCUT2D eigenvalue weighted by atomic mass is 10.1. The Labute approximate surface area is 139 Å². The van der Waals surface area contributed by atoms with Crippen LogP contribution in [0.1, 0.15) is 21.6 Å². The predicted octanol–water partition coefficient (Wildman–Crippen LogP) is 2.67. The highest BCUT2D eigenvalue weighted by Gasteiger charge is 2.23. The first-order valence-corrected chi connectivity index (χ1v) is 7.58. The second-order valence-electron chi connectivity index (χ2n) is 5.61. The summed E-state index contributed by atoms with van der Waals surface area (Å²) < 4.78 is 7.30. The standard InChI is InChI=1S/C19H18N2O3/c1-12-17(18(22)19(20)23)15-9-8-14(24-2)10-16(15)21(12)11-13-6-4-3-5-7-13/h3-10H,11H2,1-2H3,(H2,20,23). The quantitative estimate of drug-likeness (QED) is 0.580. The maximum atomic E-state index is 12.3. The summed E-state index contributed by atoms with van der Waals surface area (Å²) in [6, 6.07) is 15.3. The fourth-order valence-electron chi connectivity index (χ4n) is 2.96. The van der Waals surface area contributed by atoms with Crippen LogP contribution in [0.15, 0.2) is 48.5 Å². The molecule has 2 aromatic carbocycles. The van der Waals surface area contributed by atoms with Crippen molar-refractivity contribution in [3.63, 3.8) is 0 Å². The molecule has 2 N–H and O–H groups in total. The number of nitrogens with zero attached hydrogens (tertiary/aromatic N) is 1. The molecule has 5 nitrogen and oxygen atoms in total. The number of primary amides is 1. The molecule has 0 fully saturated rings. The zero-order valence-corrected chi connectivity index (χ0v) is 13.6. The Morgan fingerprint density at radius 1 is 1.12 bits per heavy atom. The van der Waals surface area contributed by atoms with Crippen LogP contribution in [0, 0.1) is 6.92 Å². The number of hydrogen-bond donors (Lipinski definition) is 1. The molecule has 24 heavy (non-hydrogen) atoms. The van der Waals surface area contributed by atoms with E-state index in [1.807, 2.05) is 47.9 Å². The number of ether oxygens (including phenoxy) is 1. The van der Waals surface area contributed by atoms with E-state index in [9.17, 15) is 9.59 Å². The van der Waals surface area contributed by atoms with Gasteiger partial charge in [0.25, 0.3) is 11.7 Å². The lowest BCUT2D eigenvalue weighted by Crippen LogP contribution is -2.23. The van der Waals surface area contributed by atoms with Crippen molar-refractivity contribution < 1.29 is 14.3 Å². The van der Waals surface area contributed by atoms with Gasteiger partial charge in [0.1, 0.15) is 5.75 Å². The molecule has 0 unspecified atom stereocenters. The maximum absolute atomic E-state index is 12.3. The number of rotatable bonds is 5. The number of methoxy groups -OCH3 is 1. The Balaban J connectivity index is 2.24. The zero-order chi connectivity index (χ0) is 17.3. The molecular weight excluding hydrogens is 304 g/mol. The summed E-state index contributed by atoms with van der Waals surface area (Å²) in [7, 11) is 1.59. The third kappa shape index (κ3) is 2.65. The topological polar surface area (TPSA) is 74.3 Å². The number of carbonyl (C=O) groups is 2. The van der Waals surface area contributed by atoms with Crippen LogP contribution in [0.3, 0.4) is 0 Å². The van der Waals surface area contributed by atoms with Crippen LogP contribution >= 0.6 is 0 Å². The van der Waals surface area contributed by atoms with Gasteiger partial charge in [-0.3, -0.25) is 9.59 Å². The maximum Gasteiger partial charge on any atom is 0.289 e. The van der Waals surface area contributed by atoms with E-state index >= 15 is 0 Å². The van der Waals surface area contributed by atoms with E-state index in [-0.39, 0.29) is 0 Å². The molecule has 3 aromatic rings. The van der Waals surface area contributed by atoms with Crippen LogP contribution in [0.2, 0.25) is 0 Å². The van der Waals surface area contributed by atoms with Crippen molar-refractivity contribution in [2.45, 2.75) is 13.5 Å². The first kappa shape index (κ1) is 15.8. The molecule has 1 heterocycles. The second-order valence-corrected chi connectivity index (χ2v) is 5.61. The van der Waals surface area contributed by atoms with Crippen molar-refractivity contribution in [3.8, 4) is 5.75 Å². The monoisotopic (exact) mass is 322 g/mol. The van der Waals surface area contributed by atoms with Crippen molar-refractivity contribution in [1.29, 1.82) is 0 Å². The van der Waals surface area contributed by atoms with Crippen molar-refractivity contribution >= 4 is 22.6 Å². The average molecular weight is 322 g/mol. The molecule has 1 aromatic heterocycles. The summed E-state index contributed by atoms with van der Waals surface area (Å²) in [6.07, 6.45) is 0. The van der Waals surface area contributed by atoms with Crippen LogP contribution in [-0.4, -0.2) is 23.4 Å². The fourth-order valence-corrected chi connectivity index (χ4v) is 2.96. The number of aromatic nitrogens is 1. The van der Waals surface area contributed by atoms with Crippen molar-refractivity contribution in [3.05, 3.63) is 65.4 Å². The van der Waals surface area contributed by atoms with E-state index in [4.69, 9.17) is 10.5 Å². The van der Waals surface area contributed by atoms with Crippen molar-refractivity contribution in [2.75, 3.05) is 7.11 Å². The van der Waals surface area contributed by atoms with E-state index in [0.29, 0.717) is 28.9 Å². The number of Topliss-reactive ketones (excluding diaryl/α,β-unsaturated/α-hetero) is 1. The van der Waals surface area contributed by atoms with Gasteiger partial charge in [0, 0.05) is 23.7 Å². The molecule has 0 saturated carbocycles. The van der Waals surface area contributed by atoms with Gasteiger partial charge in [0.15, 0.2) is 0 Å². The summed E-state index contributed by atoms with van der Waals surface area (Å²) in [6.45, 7) is 2.41. The molecule has 0 aliphatic carbocycles. The highest BCUT2D eigenvalue weighted by Crippen LogP contribution is 2.30. The van der Waals surface area contributed by atoms with Gasteiger partial charge in [0.05, 0.1) is 18.2 Å². The largest absolute Gasteiger partial charge is 0.497 e. The molecule has 0 bridgehead atoms. The number of hydrogen-bond acceptors (Lipinski definition) is 3. The third-order valence-corrected chi connectivity index (χ3v) is 4.17. The number of nitrogens with two attached hydrogens (primary N) is 1. The zero-order valence-electron chi connectivity index (χ0n) is 13.6. The van der Waals surface area contributed by atoms with Gasteiger partial charge in [-0.05, 0) is 24.6 Å². The van der Waals surface area contributed by atoms with E-state index in [1.165, 1.54) is 0 Å². The molecule has 0 spiro atoms. The third-order valence-electron chi connectivity index (χ3n) is 4.17. The molecule has 0 aliphatic rings. The molecule has 5 heteroatoms. The minimum absolute atomic E-state index is 0.357. The molecular formula is C19H18N2O3. The Morgan fingerprint density at radius 2 is 1.83 bits per heavy atom. The van der Waals surface area contributed by atoms with Crippen LogP contribution in [0.4, 0.5) is 0 Å². The lowest BCUT2D eigenvalue weighted by Gasteiger charge is -2.09. The Hall–Kier alpha value is -3.08. The Morgan fingerprint density at radius 3 is 2.46 bits per heavy atom. The van der Waals surface area contributed by atoms with Crippen LogP contribution in [0.25, 0.3) is 10.9 Å². The minimum atomic E-state index is -0.951. The van der Waals surface area contributed by atoms with Gasteiger partial charge in [-0.15, -0.1) is 0 Å². The normalized spacial score (nSPS) is 10.8. The minimum Gasteiger partial charge on any atom is -0.497 e. The van der Waals surface area contributed by atoms with E-state index in [2.05, 4.69) is 0 Å². The van der Waals surface area contributed by atoms with Gasteiger partial charge in [-0.2, -0.15) is 0 Å². The van der Waals surface area contributed by atoms with Crippen LogP contribution in [-0.2, 0) is 11.3 Å². The summed E-state index contributed by atoms with van der Waals surface area (Å²) in [5, 5.41) is 0.702. The number of fused-ring (bicyclic) bond motifs is 1. The molecule has 0 radical (unpaired) electrons. The molecule has 0 aliphatic heterocycles. The number of amides is 1. The smallest absolute Gasteiger partial charge is 0.289 e.